The highest BCUT2D eigenvalue weighted by atomic mass is 19.1. The van der Waals surface area contributed by atoms with Crippen molar-refractivity contribution in [2.45, 2.75) is 13.0 Å². The Morgan fingerprint density at radius 3 is 2.81 bits per heavy atom. The molecule has 0 amide bonds. The first-order chi connectivity index (χ1) is 13.2. The molecule has 6 nitrogen and oxygen atoms in total. The van der Waals surface area contributed by atoms with Gasteiger partial charge in [0.25, 0.3) is 0 Å². The number of rotatable bonds is 5. The molecule has 0 unspecified atom stereocenters. The number of pyridine rings is 3. The van der Waals surface area contributed by atoms with Crippen LogP contribution in [0.3, 0.4) is 0 Å². The van der Waals surface area contributed by atoms with E-state index in [1.165, 1.54) is 12.3 Å². The van der Waals surface area contributed by atoms with Crippen LogP contribution in [0, 0.1) is 17.1 Å². The van der Waals surface area contributed by atoms with Gasteiger partial charge in [0, 0.05) is 43.1 Å². The second-order valence-electron chi connectivity index (χ2n) is 6.10. The summed E-state index contributed by atoms with van der Waals surface area (Å²) in [5, 5.41) is 13.3. The number of nitrogens with one attached hydrogen (secondary N) is 2. The van der Waals surface area contributed by atoms with Crippen molar-refractivity contribution in [1.29, 1.82) is 5.26 Å². The van der Waals surface area contributed by atoms with E-state index in [2.05, 4.69) is 31.3 Å². The summed E-state index contributed by atoms with van der Waals surface area (Å²) in [5.41, 5.74) is 4.08. The summed E-state index contributed by atoms with van der Waals surface area (Å²) >= 11 is 0. The monoisotopic (exact) mass is 358 g/mol. The number of anilines is 1. The van der Waals surface area contributed by atoms with Crippen molar-refractivity contribution in [1.82, 2.24) is 19.9 Å². The largest absolute Gasteiger partial charge is 0.366 e. The molecular weight excluding hydrogens is 343 g/mol. The summed E-state index contributed by atoms with van der Waals surface area (Å²) in [4.78, 5) is 15.6. The summed E-state index contributed by atoms with van der Waals surface area (Å²) in [6, 6.07) is 9.21. The molecule has 0 radical (unpaired) electrons. The van der Waals surface area contributed by atoms with Crippen LogP contribution in [-0.4, -0.2) is 19.9 Å². The van der Waals surface area contributed by atoms with Gasteiger partial charge in [-0.1, -0.05) is 6.07 Å². The first-order valence-corrected chi connectivity index (χ1v) is 8.36. The van der Waals surface area contributed by atoms with Gasteiger partial charge in [-0.2, -0.15) is 5.26 Å². The lowest BCUT2D eigenvalue weighted by molar-refractivity contribution is 0.619. The van der Waals surface area contributed by atoms with Crippen LogP contribution in [0.4, 0.5) is 10.2 Å². The number of nitrogens with zero attached hydrogens (tertiary/aromatic N) is 4. The molecule has 0 saturated heterocycles. The van der Waals surface area contributed by atoms with Crippen molar-refractivity contribution >= 4 is 16.9 Å². The standard InChI is InChI=1S/C20H15FN6/c21-17-6-14(8-23-12-17)10-26-18-2-1-13(9-25-18)5-16-11-27-20-19(16)15(7-22)3-4-24-20/h1-4,6,8-9,11-12H,5,10H2,(H,24,27)(H,25,26). The predicted molar refractivity (Wildman–Crippen MR) is 99.4 cm³/mol. The van der Waals surface area contributed by atoms with E-state index < -0.39 is 0 Å². The Morgan fingerprint density at radius 1 is 1.11 bits per heavy atom. The van der Waals surface area contributed by atoms with Gasteiger partial charge in [-0.25, -0.2) is 14.4 Å². The second kappa shape index (κ2) is 7.22. The van der Waals surface area contributed by atoms with Crippen LogP contribution in [0.5, 0.6) is 0 Å². The summed E-state index contributed by atoms with van der Waals surface area (Å²) in [6.07, 6.45) is 8.71. The maximum Gasteiger partial charge on any atom is 0.141 e. The van der Waals surface area contributed by atoms with Gasteiger partial charge >= 0.3 is 0 Å². The first-order valence-electron chi connectivity index (χ1n) is 8.36. The summed E-state index contributed by atoms with van der Waals surface area (Å²) < 4.78 is 13.2. The van der Waals surface area contributed by atoms with Gasteiger partial charge in [-0.3, -0.25) is 4.98 Å². The maximum atomic E-state index is 13.2. The molecule has 0 bridgehead atoms. The van der Waals surface area contributed by atoms with Crippen molar-refractivity contribution in [2.24, 2.45) is 0 Å². The van der Waals surface area contributed by atoms with E-state index in [0.29, 0.717) is 30.0 Å². The van der Waals surface area contributed by atoms with E-state index in [-0.39, 0.29) is 5.82 Å². The van der Waals surface area contributed by atoms with Crippen molar-refractivity contribution < 1.29 is 4.39 Å². The fraction of sp³-hybridized carbons (Fsp3) is 0.100. The minimum atomic E-state index is -0.359. The van der Waals surface area contributed by atoms with Crippen LogP contribution in [-0.2, 0) is 13.0 Å². The normalized spacial score (nSPS) is 10.7. The highest BCUT2D eigenvalue weighted by Crippen LogP contribution is 2.23. The Kier molecular flexibility index (Phi) is 4.45. The molecule has 0 aliphatic rings. The number of hydrogen-bond donors (Lipinski definition) is 2. The molecule has 132 valence electrons. The van der Waals surface area contributed by atoms with Gasteiger partial charge < -0.3 is 10.3 Å². The highest BCUT2D eigenvalue weighted by Gasteiger charge is 2.10. The highest BCUT2D eigenvalue weighted by molar-refractivity contribution is 5.86. The van der Waals surface area contributed by atoms with Crippen LogP contribution >= 0.6 is 0 Å². The number of fused-ring (bicyclic) bond motifs is 1. The molecular formula is C20H15FN6. The fourth-order valence-corrected chi connectivity index (χ4v) is 2.96. The Labute approximate surface area is 154 Å². The molecule has 0 aromatic carbocycles. The topological polar surface area (TPSA) is 90.3 Å². The molecule has 4 rings (SSSR count). The van der Waals surface area contributed by atoms with Crippen molar-refractivity contribution in [3.05, 3.63) is 83.3 Å². The van der Waals surface area contributed by atoms with Crippen LogP contribution in [0.1, 0.15) is 22.3 Å². The smallest absolute Gasteiger partial charge is 0.141 e. The Bertz CT molecular complexity index is 1130. The quantitative estimate of drug-likeness (QED) is 0.569. The third-order valence-corrected chi connectivity index (χ3v) is 4.23. The average molecular weight is 358 g/mol. The average Bonchev–Trinajstić information content (AvgIpc) is 3.10. The van der Waals surface area contributed by atoms with Gasteiger partial charge in [0.2, 0.25) is 0 Å². The van der Waals surface area contributed by atoms with E-state index >= 15 is 0 Å². The molecule has 0 spiro atoms. The van der Waals surface area contributed by atoms with Crippen LogP contribution in [0.15, 0.2) is 55.2 Å². The summed E-state index contributed by atoms with van der Waals surface area (Å²) in [6.45, 7) is 0.441. The van der Waals surface area contributed by atoms with Crippen molar-refractivity contribution in [3.8, 4) is 6.07 Å². The lowest BCUT2D eigenvalue weighted by atomic mass is 10.0. The van der Waals surface area contributed by atoms with Gasteiger partial charge in [0.15, 0.2) is 0 Å². The predicted octanol–water partition coefficient (Wildman–Crippen LogP) is 3.57. The third kappa shape index (κ3) is 3.60. The lowest BCUT2D eigenvalue weighted by Gasteiger charge is -2.07. The Balaban J connectivity index is 1.48. The lowest BCUT2D eigenvalue weighted by Crippen LogP contribution is -2.02. The number of hydrogen-bond acceptors (Lipinski definition) is 5. The molecule has 0 aliphatic heterocycles. The zero-order valence-corrected chi connectivity index (χ0v) is 14.3. The summed E-state index contributed by atoms with van der Waals surface area (Å²) in [7, 11) is 0. The molecule has 0 saturated carbocycles. The SMILES string of the molecule is N#Cc1ccnc2[nH]cc(Cc3ccc(NCc4cncc(F)c4)nc3)c12. The maximum absolute atomic E-state index is 13.2. The molecule has 0 aliphatic carbocycles. The van der Waals surface area contributed by atoms with Crippen LogP contribution < -0.4 is 5.32 Å². The second-order valence-corrected chi connectivity index (χ2v) is 6.10. The van der Waals surface area contributed by atoms with E-state index in [9.17, 15) is 9.65 Å². The summed E-state index contributed by atoms with van der Waals surface area (Å²) in [5.74, 6) is 0.337. The zero-order chi connectivity index (χ0) is 18.6. The molecule has 0 fully saturated rings. The van der Waals surface area contributed by atoms with Gasteiger partial charge in [0.05, 0.1) is 17.8 Å². The van der Waals surface area contributed by atoms with Gasteiger partial charge in [-0.15, -0.1) is 0 Å². The number of aromatic nitrogens is 4. The van der Waals surface area contributed by atoms with E-state index in [1.807, 2.05) is 18.3 Å². The van der Waals surface area contributed by atoms with E-state index in [4.69, 9.17) is 0 Å². The van der Waals surface area contributed by atoms with E-state index in [1.54, 1.807) is 24.7 Å². The fourth-order valence-electron chi connectivity index (χ4n) is 2.96. The molecule has 4 aromatic heterocycles. The Hall–Kier alpha value is -3.79. The van der Waals surface area contributed by atoms with Crippen molar-refractivity contribution in [2.75, 3.05) is 5.32 Å². The zero-order valence-electron chi connectivity index (χ0n) is 14.3. The molecule has 4 heterocycles. The van der Waals surface area contributed by atoms with Crippen molar-refractivity contribution in [3.63, 3.8) is 0 Å². The molecule has 2 N–H and O–H groups in total. The van der Waals surface area contributed by atoms with Crippen LogP contribution in [0.25, 0.3) is 11.0 Å². The number of aromatic amines is 1. The minimum absolute atomic E-state index is 0.359. The first kappa shape index (κ1) is 16.7. The number of H-pyrrole nitrogens is 1. The molecule has 7 heteroatoms. The number of nitriles is 1. The number of halogens is 1. The van der Waals surface area contributed by atoms with Gasteiger partial charge in [-0.05, 0) is 34.9 Å². The minimum Gasteiger partial charge on any atom is -0.366 e. The molecule has 0 atom stereocenters. The van der Waals surface area contributed by atoms with Crippen LogP contribution in [0.2, 0.25) is 0 Å². The Morgan fingerprint density at radius 2 is 2.04 bits per heavy atom. The molecule has 27 heavy (non-hydrogen) atoms. The van der Waals surface area contributed by atoms with Gasteiger partial charge in [0.1, 0.15) is 17.3 Å². The van der Waals surface area contributed by atoms with E-state index in [0.717, 1.165) is 22.1 Å². The third-order valence-electron chi connectivity index (χ3n) is 4.23. The molecule has 4 aromatic rings.